The van der Waals surface area contributed by atoms with Gasteiger partial charge >= 0.3 is 5.91 Å². The summed E-state index contributed by atoms with van der Waals surface area (Å²) in [4.78, 5) is 28.2. The maximum Gasteiger partial charge on any atom is 0.301 e. The minimum atomic E-state index is -0.916. The first kappa shape index (κ1) is 26.9. The molecule has 1 aliphatic heterocycles. The summed E-state index contributed by atoms with van der Waals surface area (Å²) in [6.07, 6.45) is 0. The maximum atomic E-state index is 13.4. The summed E-state index contributed by atoms with van der Waals surface area (Å²) < 4.78 is 6.29. The number of ketones is 1. The van der Waals surface area contributed by atoms with Crippen LogP contribution in [-0.2, 0) is 15.3 Å². The van der Waals surface area contributed by atoms with Gasteiger partial charge in [0.15, 0.2) is 4.34 Å². The lowest BCUT2D eigenvalue weighted by Crippen LogP contribution is -2.29. The van der Waals surface area contributed by atoms with Gasteiger partial charge < -0.3 is 9.84 Å². The highest BCUT2D eigenvalue weighted by molar-refractivity contribution is 8.00. The van der Waals surface area contributed by atoms with E-state index in [9.17, 15) is 14.7 Å². The largest absolute Gasteiger partial charge is 0.507 e. The van der Waals surface area contributed by atoms with Crippen molar-refractivity contribution in [2.75, 3.05) is 11.5 Å². The predicted octanol–water partition coefficient (Wildman–Crippen LogP) is 6.82. The zero-order chi connectivity index (χ0) is 27.5. The zero-order valence-corrected chi connectivity index (χ0v) is 23.5. The number of anilines is 1. The number of halogens is 1. The fourth-order valence-electron chi connectivity index (χ4n) is 4.27. The van der Waals surface area contributed by atoms with Gasteiger partial charge in [-0.3, -0.25) is 14.5 Å². The summed E-state index contributed by atoms with van der Waals surface area (Å²) in [7, 11) is 0. The molecule has 198 valence electrons. The molecule has 1 unspecified atom stereocenters. The van der Waals surface area contributed by atoms with Gasteiger partial charge in [0.05, 0.1) is 18.2 Å². The molecule has 5 rings (SSSR count). The Bertz CT molecular complexity index is 1570. The second-order valence-corrected chi connectivity index (χ2v) is 11.4. The Labute approximate surface area is 239 Å². The molecule has 0 saturated carbocycles. The number of thioether (sulfide) groups is 1. The number of aliphatic hydroxyl groups is 1. The molecule has 1 fully saturated rings. The molecule has 10 heteroatoms. The molecule has 7 nitrogen and oxygen atoms in total. The van der Waals surface area contributed by atoms with Gasteiger partial charge in [0.1, 0.15) is 11.5 Å². The van der Waals surface area contributed by atoms with Crippen LogP contribution in [0.5, 0.6) is 5.75 Å². The number of amides is 1. The van der Waals surface area contributed by atoms with Crippen LogP contribution in [0.3, 0.4) is 0 Å². The third-order valence-electron chi connectivity index (χ3n) is 6.17. The molecule has 3 aromatic carbocycles. The molecule has 1 saturated heterocycles. The Hall–Kier alpha value is -3.66. The Morgan fingerprint density at radius 1 is 1.08 bits per heavy atom. The van der Waals surface area contributed by atoms with E-state index in [1.54, 1.807) is 36.4 Å². The molecule has 1 aliphatic rings. The van der Waals surface area contributed by atoms with E-state index in [1.165, 1.54) is 28.0 Å². The summed E-state index contributed by atoms with van der Waals surface area (Å²) in [5.41, 5.74) is 2.99. The van der Waals surface area contributed by atoms with Gasteiger partial charge in [-0.2, -0.15) is 0 Å². The molecular formula is C29H24ClN3O4S2. The molecule has 39 heavy (non-hydrogen) atoms. The van der Waals surface area contributed by atoms with E-state index in [1.807, 2.05) is 50.2 Å². The summed E-state index contributed by atoms with van der Waals surface area (Å²) in [6, 6.07) is 20.9. The smallest absolute Gasteiger partial charge is 0.301 e. The van der Waals surface area contributed by atoms with Crippen LogP contribution in [0, 0.1) is 6.92 Å². The minimum Gasteiger partial charge on any atom is -0.507 e. The number of carbonyl (C=O) groups excluding carboxylic acids is 2. The maximum absolute atomic E-state index is 13.4. The molecule has 0 bridgehead atoms. The Morgan fingerprint density at radius 3 is 2.59 bits per heavy atom. The van der Waals surface area contributed by atoms with Crippen molar-refractivity contribution >= 4 is 57.3 Å². The normalized spacial score (nSPS) is 16.6. The quantitative estimate of drug-likeness (QED) is 0.0807. The van der Waals surface area contributed by atoms with Crippen LogP contribution in [0.25, 0.3) is 5.76 Å². The Morgan fingerprint density at radius 2 is 1.85 bits per heavy atom. The average molecular weight is 578 g/mol. The molecule has 1 N–H and O–H groups in total. The van der Waals surface area contributed by atoms with Crippen LogP contribution in [-0.4, -0.2) is 33.6 Å². The summed E-state index contributed by atoms with van der Waals surface area (Å²) in [5, 5.41) is 20.7. The lowest BCUT2D eigenvalue weighted by Gasteiger charge is -2.23. The van der Waals surface area contributed by atoms with E-state index in [0.29, 0.717) is 38.6 Å². The molecular weight excluding hydrogens is 554 g/mol. The first-order valence-corrected chi connectivity index (χ1v) is 14.4. The minimum absolute atomic E-state index is 0.0158. The SMILES string of the molecule is CCOc1cccc(C2/C(=C(\O)c3ccc(C)cc3)C(=O)C(=O)N2c2nnc(SCc3ccccc3Cl)s2)c1. The monoisotopic (exact) mass is 577 g/mol. The molecule has 0 spiro atoms. The topological polar surface area (TPSA) is 92.6 Å². The van der Waals surface area contributed by atoms with Crippen LogP contribution in [0.15, 0.2) is 82.7 Å². The highest BCUT2D eigenvalue weighted by Gasteiger charge is 2.48. The summed E-state index contributed by atoms with van der Waals surface area (Å²) >= 11 is 8.92. The molecule has 2 heterocycles. The number of benzene rings is 3. The van der Waals surface area contributed by atoms with Gasteiger partial charge in [0.2, 0.25) is 5.13 Å². The average Bonchev–Trinajstić information content (AvgIpc) is 3.50. The number of aliphatic hydroxyl groups excluding tert-OH is 1. The fourth-order valence-corrected chi connectivity index (χ4v) is 6.42. The van der Waals surface area contributed by atoms with E-state index in [2.05, 4.69) is 10.2 Å². The zero-order valence-electron chi connectivity index (χ0n) is 21.1. The van der Waals surface area contributed by atoms with E-state index in [0.717, 1.165) is 11.1 Å². The van der Waals surface area contributed by atoms with Crippen molar-refractivity contribution < 1.29 is 19.4 Å². The van der Waals surface area contributed by atoms with Crippen molar-refractivity contribution in [2.24, 2.45) is 0 Å². The summed E-state index contributed by atoms with van der Waals surface area (Å²) in [5.74, 6) is -0.667. The predicted molar refractivity (Wildman–Crippen MR) is 154 cm³/mol. The van der Waals surface area contributed by atoms with Crippen LogP contribution >= 0.6 is 34.7 Å². The van der Waals surface area contributed by atoms with E-state index < -0.39 is 17.7 Å². The van der Waals surface area contributed by atoms with Crippen LogP contribution in [0.4, 0.5) is 5.13 Å². The second kappa shape index (κ2) is 11.6. The number of aryl methyl sites for hydroxylation is 1. The number of ether oxygens (including phenoxy) is 1. The summed E-state index contributed by atoms with van der Waals surface area (Å²) in [6.45, 7) is 4.26. The van der Waals surface area contributed by atoms with Crippen molar-refractivity contribution in [3.63, 3.8) is 0 Å². The van der Waals surface area contributed by atoms with Gasteiger partial charge in [0.25, 0.3) is 5.78 Å². The number of hydrogen-bond acceptors (Lipinski definition) is 8. The van der Waals surface area contributed by atoms with Gasteiger partial charge in [-0.05, 0) is 43.2 Å². The molecule has 1 amide bonds. The second-order valence-electron chi connectivity index (χ2n) is 8.77. The van der Waals surface area contributed by atoms with Gasteiger partial charge in [-0.1, -0.05) is 94.9 Å². The number of hydrogen-bond donors (Lipinski definition) is 1. The van der Waals surface area contributed by atoms with Gasteiger partial charge in [0, 0.05) is 16.3 Å². The molecule has 4 aromatic rings. The fraction of sp³-hybridized carbons (Fsp3) is 0.172. The van der Waals surface area contributed by atoms with Crippen molar-refractivity contribution in [3.05, 3.63) is 106 Å². The Balaban J connectivity index is 1.56. The van der Waals surface area contributed by atoms with Crippen LogP contribution in [0.2, 0.25) is 5.02 Å². The highest BCUT2D eigenvalue weighted by Crippen LogP contribution is 2.44. The number of nitrogens with zero attached hydrogens (tertiary/aromatic N) is 3. The lowest BCUT2D eigenvalue weighted by atomic mass is 9.95. The highest BCUT2D eigenvalue weighted by atomic mass is 35.5. The number of aromatic nitrogens is 2. The van der Waals surface area contributed by atoms with Crippen molar-refractivity contribution in [2.45, 2.75) is 30.0 Å². The van der Waals surface area contributed by atoms with Gasteiger partial charge in [-0.15, -0.1) is 10.2 Å². The van der Waals surface area contributed by atoms with Crippen LogP contribution < -0.4 is 9.64 Å². The first-order valence-electron chi connectivity index (χ1n) is 12.2. The van der Waals surface area contributed by atoms with E-state index in [4.69, 9.17) is 16.3 Å². The van der Waals surface area contributed by atoms with Crippen LogP contribution in [0.1, 0.15) is 35.2 Å². The standard InChI is InChI=1S/C29H24ClN3O4S2/c1-3-37-21-9-6-8-19(15-21)24-23(25(34)18-13-11-17(2)12-14-18)26(35)27(36)33(24)28-31-32-29(39-28)38-16-20-7-4-5-10-22(20)30/h4-15,24,34H,3,16H2,1-2H3/b25-23+. The number of Topliss-reactive ketones (excluding diaryl/α,β-unsaturated/α-hetero) is 1. The third-order valence-corrected chi connectivity index (χ3v) is 8.64. The number of rotatable bonds is 8. The van der Waals surface area contributed by atoms with Crippen molar-refractivity contribution in [1.29, 1.82) is 0 Å². The van der Waals surface area contributed by atoms with Crippen molar-refractivity contribution in [1.82, 2.24) is 10.2 Å². The molecule has 0 radical (unpaired) electrons. The molecule has 1 atom stereocenters. The number of carbonyl (C=O) groups is 2. The third kappa shape index (κ3) is 5.56. The van der Waals surface area contributed by atoms with E-state index in [-0.39, 0.29) is 16.5 Å². The molecule has 0 aliphatic carbocycles. The van der Waals surface area contributed by atoms with E-state index >= 15 is 0 Å². The first-order chi connectivity index (χ1) is 18.9. The molecule has 1 aromatic heterocycles. The van der Waals surface area contributed by atoms with Gasteiger partial charge in [-0.25, -0.2) is 0 Å². The van der Waals surface area contributed by atoms with Crippen molar-refractivity contribution in [3.8, 4) is 5.75 Å². The Kier molecular flexibility index (Phi) is 8.02. The lowest BCUT2D eigenvalue weighted by molar-refractivity contribution is -0.132.